The fourth-order valence-electron chi connectivity index (χ4n) is 2.41. The molecule has 0 unspecified atom stereocenters. The first kappa shape index (κ1) is 17.3. The van der Waals surface area contributed by atoms with Crippen LogP contribution < -0.4 is 14.9 Å². The normalized spacial score (nSPS) is 16.4. The monoisotopic (exact) mass is 404 g/mol. The Bertz CT molecular complexity index is 822. The van der Waals surface area contributed by atoms with E-state index >= 15 is 0 Å². The van der Waals surface area contributed by atoms with Gasteiger partial charge in [-0.25, -0.2) is 5.43 Å². The second-order valence-electron chi connectivity index (χ2n) is 5.41. The Balaban J connectivity index is 1.72. The summed E-state index contributed by atoms with van der Waals surface area (Å²) in [5, 5.41) is 14.1. The van der Waals surface area contributed by atoms with Gasteiger partial charge in [-0.2, -0.15) is 5.10 Å². The fourth-order valence-corrected chi connectivity index (χ4v) is 2.77. The number of fused-ring (bicyclic) bond motifs is 1. The third-order valence-electron chi connectivity index (χ3n) is 3.71. The Labute approximate surface area is 153 Å². The van der Waals surface area contributed by atoms with Crippen molar-refractivity contribution in [3.63, 3.8) is 0 Å². The molecule has 1 atom stereocenters. The van der Waals surface area contributed by atoms with E-state index in [-0.39, 0.29) is 12.4 Å². The highest BCUT2D eigenvalue weighted by Crippen LogP contribution is 2.30. The third kappa shape index (κ3) is 3.93. The number of phenols is 1. The molecule has 0 fully saturated rings. The number of benzene rings is 2. The lowest BCUT2D eigenvalue weighted by Crippen LogP contribution is -2.42. The van der Waals surface area contributed by atoms with Gasteiger partial charge in [-0.05, 0) is 36.8 Å². The standard InChI is InChI=1S/C18H17BrN2O4/c1-2-13(12-9-11(19)7-8-14(12)22)20-21-18(23)17-10-24-15-5-3-4-6-16(15)25-17/h3-9,17,22H,2,10H2,1H3,(H,21,23)/b20-13+/t17-/m1/s1. The molecule has 25 heavy (non-hydrogen) atoms. The summed E-state index contributed by atoms with van der Waals surface area (Å²) >= 11 is 3.36. The molecule has 1 amide bonds. The lowest BCUT2D eigenvalue weighted by Gasteiger charge is -2.24. The van der Waals surface area contributed by atoms with Crippen molar-refractivity contribution in [3.8, 4) is 17.2 Å². The number of halogens is 1. The molecular formula is C18H17BrN2O4. The number of carbonyl (C=O) groups is 1. The smallest absolute Gasteiger partial charge is 0.284 e. The van der Waals surface area contributed by atoms with Crippen molar-refractivity contribution in [3.05, 3.63) is 52.5 Å². The summed E-state index contributed by atoms with van der Waals surface area (Å²) in [5.41, 5.74) is 3.62. The van der Waals surface area contributed by atoms with Crippen LogP contribution in [0.3, 0.4) is 0 Å². The molecule has 3 rings (SSSR count). The van der Waals surface area contributed by atoms with Gasteiger partial charge in [0.1, 0.15) is 12.4 Å². The predicted molar refractivity (Wildman–Crippen MR) is 97.1 cm³/mol. The van der Waals surface area contributed by atoms with Gasteiger partial charge in [0.25, 0.3) is 5.91 Å². The molecule has 1 aliphatic rings. The largest absolute Gasteiger partial charge is 0.507 e. The SMILES string of the molecule is CC/C(=N\NC(=O)[C@H]1COc2ccccc2O1)c1cc(Br)ccc1O. The van der Waals surface area contributed by atoms with Crippen LogP contribution in [0, 0.1) is 0 Å². The molecule has 0 radical (unpaired) electrons. The van der Waals surface area contributed by atoms with Crippen molar-refractivity contribution in [2.75, 3.05) is 6.61 Å². The van der Waals surface area contributed by atoms with Gasteiger partial charge in [0.05, 0.1) is 5.71 Å². The Morgan fingerprint density at radius 2 is 2.08 bits per heavy atom. The highest BCUT2D eigenvalue weighted by Gasteiger charge is 2.27. The number of rotatable bonds is 4. The average Bonchev–Trinajstić information content (AvgIpc) is 2.64. The number of ether oxygens (including phenoxy) is 2. The first-order valence-corrected chi connectivity index (χ1v) is 8.61. The van der Waals surface area contributed by atoms with Gasteiger partial charge in [0, 0.05) is 10.0 Å². The second-order valence-corrected chi connectivity index (χ2v) is 6.33. The van der Waals surface area contributed by atoms with Crippen LogP contribution in [0.25, 0.3) is 0 Å². The summed E-state index contributed by atoms with van der Waals surface area (Å²) in [4.78, 5) is 12.3. The molecule has 2 aromatic carbocycles. The number of aromatic hydroxyl groups is 1. The fraction of sp³-hybridized carbons (Fsp3) is 0.222. The maximum absolute atomic E-state index is 12.3. The first-order chi connectivity index (χ1) is 12.1. The Kier molecular flexibility index (Phi) is 5.23. The Morgan fingerprint density at radius 3 is 2.84 bits per heavy atom. The van der Waals surface area contributed by atoms with Gasteiger partial charge in [-0.3, -0.25) is 4.79 Å². The molecule has 0 spiro atoms. The predicted octanol–water partition coefficient (Wildman–Crippen LogP) is 3.23. The van der Waals surface area contributed by atoms with E-state index in [1.165, 1.54) is 0 Å². The minimum atomic E-state index is -0.784. The van der Waals surface area contributed by atoms with E-state index in [0.29, 0.717) is 29.2 Å². The molecule has 0 aliphatic carbocycles. The first-order valence-electron chi connectivity index (χ1n) is 7.82. The minimum Gasteiger partial charge on any atom is -0.507 e. The van der Waals surface area contributed by atoms with E-state index in [4.69, 9.17) is 9.47 Å². The molecule has 1 heterocycles. The van der Waals surface area contributed by atoms with Crippen LogP contribution in [-0.2, 0) is 4.79 Å². The van der Waals surface area contributed by atoms with Crippen molar-refractivity contribution in [1.29, 1.82) is 0 Å². The average molecular weight is 405 g/mol. The number of phenolic OH excluding ortho intramolecular Hbond substituents is 1. The van der Waals surface area contributed by atoms with Crippen LogP contribution in [-0.4, -0.2) is 29.4 Å². The number of nitrogens with zero attached hydrogens (tertiary/aromatic N) is 1. The zero-order valence-electron chi connectivity index (χ0n) is 13.5. The maximum atomic E-state index is 12.3. The van der Waals surface area contributed by atoms with Crippen molar-refractivity contribution in [1.82, 2.24) is 5.43 Å². The lowest BCUT2D eigenvalue weighted by molar-refractivity contribution is -0.130. The molecule has 130 valence electrons. The van der Waals surface area contributed by atoms with Gasteiger partial charge in [0.15, 0.2) is 11.5 Å². The summed E-state index contributed by atoms with van der Waals surface area (Å²) in [6.45, 7) is 2.00. The number of hydrogen-bond acceptors (Lipinski definition) is 5. The molecule has 2 aromatic rings. The van der Waals surface area contributed by atoms with E-state index < -0.39 is 12.0 Å². The van der Waals surface area contributed by atoms with Gasteiger partial charge in [-0.1, -0.05) is 35.0 Å². The van der Waals surface area contributed by atoms with Crippen LogP contribution in [0.15, 0.2) is 52.0 Å². The summed E-state index contributed by atoms with van der Waals surface area (Å²) in [6.07, 6.45) is -0.248. The minimum absolute atomic E-state index is 0.101. The molecule has 0 saturated heterocycles. The van der Waals surface area contributed by atoms with E-state index in [1.54, 1.807) is 30.3 Å². The van der Waals surface area contributed by atoms with Crippen LogP contribution in [0.5, 0.6) is 17.2 Å². The van der Waals surface area contributed by atoms with Crippen LogP contribution >= 0.6 is 15.9 Å². The van der Waals surface area contributed by atoms with E-state index in [9.17, 15) is 9.90 Å². The number of hydrogen-bond donors (Lipinski definition) is 2. The molecule has 6 nitrogen and oxygen atoms in total. The molecule has 2 N–H and O–H groups in total. The third-order valence-corrected chi connectivity index (χ3v) is 4.20. The van der Waals surface area contributed by atoms with E-state index in [0.717, 1.165) is 4.47 Å². The number of nitrogens with one attached hydrogen (secondary N) is 1. The second kappa shape index (κ2) is 7.57. The molecule has 1 aliphatic heterocycles. The van der Waals surface area contributed by atoms with Gasteiger partial charge < -0.3 is 14.6 Å². The molecule has 7 heteroatoms. The Hall–Kier alpha value is -2.54. The number of hydrazone groups is 1. The number of para-hydroxylation sites is 2. The molecule has 0 saturated carbocycles. The van der Waals surface area contributed by atoms with Gasteiger partial charge in [-0.15, -0.1) is 0 Å². The van der Waals surface area contributed by atoms with Crippen LogP contribution in [0.4, 0.5) is 0 Å². The van der Waals surface area contributed by atoms with Crippen molar-refractivity contribution in [2.24, 2.45) is 5.10 Å². The van der Waals surface area contributed by atoms with Crippen LogP contribution in [0.2, 0.25) is 0 Å². The van der Waals surface area contributed by atoms with Crippen molar-refractivity contribution < 1.29 is 19.4 Å². The number of carbonyl (C=O) groups excluding carboxylic acids is 1. The summed E-state index contributed by atoms with van der Waals surface area (Å²) in [6, 6.07) is 12.2. The molecule has 0 aromatic heterocycles. The highest BCUT2D eigenvalue weighted by atomic mass is 79.9. The van der Waals surface area contributed by atoms with Crippen LogP contribution in [0.1, 0.15) is 18.9 Å². The quantitative estimate of drug-likeness (QED) is 0.605. The lowest BCUT2D eigenvalue weighted by atomic mass is 10.1. The summed E-state index contributed by atoms with van der Waals surface area (Å²) in [5.74, 6) is 0.834. The van der Waals surface area contributed by atoms with E-state index in [1.807, 2.05) is 19.1 Å². The highest BCUT2D eigenvalue weighted by molar-refractivity contribution is 9.10. The number of amides is 1. The van der Waals surface area contributed by atoms with Gasteiger partial charge in [0.2, 0.25) is 6.10 Å². The summed E-state index contributed by atoms with van der Waals surface area (Å²) in [7, 11) is 0. The van der Waals surface area contributed by atoms with Crippen molar-refractivity contribution in [2.45, 2.75) is 19.4 Å². The maximum Gasteiger partial charge on any atom is 0.284 e. The Morgan fingerprint density at radius 1 is 1.32 bits per heavy atom. The zero-order chi connectivity index (χ0) is 17.8. The summed E-state index contributed by atoms with van der Waals surface area (Å²) < 4.78 is 12.0. The van der Waals surface area contributed by atoms with Crippen molar-refractivity contribution >= 4 is 27.5 Å². The van der Waals surface area contributed by atoms with Gasteiger partial charge >= 0.3 is 0 Å². The molecule has 0 bridgehead atoms. The van der Waals surface area contributed by atoms with E-state index in [2.05, 4.69) is 26.5 Å². The topological polar surface area (TPSA) is 80.2 Å². The zero-order valence-corrected chi connectivity index (χ0v) is 15.1. The molecular weight excluding hydrogens is 388 g/mol.